The molecule has 1 heterocycles. The molecule has 16 heavy (non-hydrogen) atoms. The van der Waals surface area contributed by atoms with Crippen molar-refractivity contribution in [2.24, 2.45) is 0 Å². The number of aliphatic hydroxyl groups is 1. The van der Waals surface area contributed by atoms with E-state index >= 15 is 0 Å². The maximum atomic E-state index is 10.8. The number of benzene rings is 1. The average molecular weight is 222 g/mol. The molecule has 1 aromatic rings. The number of nitro groups is 1. The summed E-state index contributed by atoms with van der Waals surface area (Å²) in [6, 6.07) is 5.05. The number of hydrogen-bond donors (Lipinski definition) is 1. The van der Waals surface area contributed by atoms with Gasteiger partial charge in [0, 0.05) is 24.8 Å². The predicted molar refractivity (Wildman–Crippen MR) is 60.7 cm³/mol. The maximum Gasteiger partial charge on any atom is 0.274 e. The Morgan fingerprint density at radius 2 is 2.31 bits per heavy atom. The Morgan fingerprint density at radius 3 is 2.88 bits per heavy atom. The lowest BCUT2D eigenvalue weighted by Gasteiger charge is -2.19. The lowest BCUT2D eigenvalue weighted by molar-refractivity contribution is -0.385. The standard InChI is InChI=1S/C11H14N2O3/c1-8-10(12-6-5-9(14)7-12)3-2-4-11(8)13(15)16/h2-4,9,14H,5-7H2,1H3/t9-/m1/s1. The van der Waals surface area contributed by atoms with Crippen molar-refractivity contribution in [2.45, 2.75) is 19.4 Å². The van der Waals surface area contributed by atoms with Crippen molar-refractivity contribution in [3.05, 3.63) is 33.9 Å². The molecule has 1 atom stereocenters. The molecule has 1 aliphatic heterocycles. The van der Waals surface area contributed by atoms with Gasteiger partial charge in [0.05, 0.1) is 16.6 Å². The smallest absolute Gasteiger partial charge is 0.274 e. The van der Waals surface area contributed by atoms with Crippen LogP contribution in [0.5, 0.6) is 0 Å². The zero-order valence-corrected chi connectivity index (χ0v) is 9.09. The number of nitrogens with zero attached hydrogens (tertiary/aromatic N) is 2. The van der Waals surface area contributed by atoms with Gasteiger partial charge in [-0.3, -0.25) is 10.1 Å². The first kappa shape index (κ1) is 10.9. The molecule has 2 rings (SSSR count). The Hall–Kier alpha value is -1.62. The summed E-state index contributed by atoms with van der Waals surface area (Å²) in [5, 5.41) is 20.2. The third-order valence-electron chi connectivity index (χ3n) is 2.98. The van der Waals surface area contributed by atoms with E-state index in [1.54, 1.807) is 13.0 Å². The van der Waals surface area contributed by atoms with Crippen LogP contribution in [0, 0.1) is 17.0 Å². The molecule has 0 aromatic heterocycles. The van der Waals surface area contributed by atoms with Gasteiger partial charge >= 0.3 is 0 Å². The Bertz CT molecular complexity index is 420. The number of hydrogen-bond acceptors (Lipinski definition) is 4. The Kier molecular flexibility index (Phi) is 2.78. The number of β-amino-alcohol motifs (C(OH)–C–C–N with tert-alkyl or cyclic N) is 1. The second-order valence-electron chi connectivity index (χ2n) is 4.07. The van der Waals surface area contributed by atoms with Gasteiger partial charge in [0.2, 0.25) is 0 Å². The molecule has 1 fully saturated rings. The van der Waals surface area contributed by atoms with Crippen molar-refractivity contribution in [1.82, 2.24) is 0 Å². The van der Waals surface area contributed by atoms with Crippen molar-refractivity contribution < 1.29 is 10.0 Å². The highest BCUT2D eigenvalue weighted by molar-refractivity contribution is 5.61. The van der Waals surface area contributed by atoms with Crippen LogP contribution in [0.3, 0.4) is 0 Å². The monoisotopic (exact) mass is 222 g/mol. The van der Waals surface area contributed by atoms with E-state index in [0.29, 0.717) is 12.1 Å². The molecule has 5 nitrogen and oxygen atoms in total. The minimum absolute atomic E-state index is 0.138. The Morgan fingerprint density at radius 1 is 1.56 bits per heavy atom. The molecule has 0 saturated carbocycles. The number of nitro benzene ring substituents is 1. The third-order valence-corrected chi connectivity index (χ3v) is 2.98. The van der Waals surface area contributed by atoms with Crippen molar-refractivity contribution in [2.75, 3.05) is 18.0 Å². The highest BCUT2D eigenvalue weighted by Gasteiger charge is 2.24. The first-order valence-corrected chi connectivity index (χ1v) is 5.26. The van der Waals surface area contributed by atoms with Gasteiger partial charge in [-0.1, -0.05) is 6.07 Å². The van der Waals surface area contributed by atoms with Gasteiger partial charge in [-0.25, -0.2) is 0 Å². The first-order chi connectivity index (χ1) is 7.59. The predicted octanol–water partition coefficient (Wildman–Crippen LogP) is 1.47. The summed E-state index contributed by atoms with van der Waals surface area (Å²) in [4.78, 5) is 12.4. The number of anilines is 1. The molecule has 0 aliphatic carbocycles. The summed E-state index contributed by atoms with van der Waals surface area (Å²) in [7, 11) is 0. The molecular weight excluding hydrogens is 208 g/mol. The lowest BCUT2D eigenvalue weighted by Crippen LogP contribution is -2.22. The van der Waals surface area contributed by atoms with Crippen LogP contribution in [0.15, 0.2) is 18.2 Å². The van der Waals surface area contributed by atoms with Crippen LogP contribution >= 0.6 is 0 Å². The van der Waals surface area contributed by atoms with Gasteiger partial charge in [0.25, 0.3) is 5.69 Å². The zero-order chi connectivity index (χ0) is 11.7. The van der Waals surface area contributed by atoms with Gasteiger partial charge in [-0.15, -0.1) is 0 Å². The minimum Gasteiger partial charge on any atom is -0.391 e. The van der Waals surface area contributed by atoms with Gasteiger partial charge in [-0.2, -0.15) is 0 Å². The van der Waals surface area contributed by atoms with Gasteiger partial charge in [0.1, 0.15) is 0 Å². The molecular formula is C11H14N2O3. The van der Waals surface area contributed by atoms with Crippen LogP contribution in [0.4, 0.5) is 11.4 Å². The van der Waals surface area contributed by atoms with Gasteiger partial charge < -0.3 is 10.0 Å². The fourth-order valence-electron chi connectivity index (χ4n) is 2.11. The van der Waals surface area contributed by atoms with E-state index in [1.165, 1.54) is 6.07 Å². The largest absolute Gasteiger partial charge is 0.391 e. The number of rotatable bonds is 2. The van der Waals surface area contributed by atoms with E-state index in [4.69, 9.17) is 0 Å². The van der Waals surface area contributed by atoms with Gasteiger partial charge in [-0.05, 0) is 19.4 Å². The van der Waals surface area contributed by atoms with Crippen LogP contribution in [0.25, 0.3) is 0 Å². The molecule has 0 radical (unpaired) electrons. The quantitative estimate of drug-likeness (QED) is 0.608. The average Bonchev–Trinajstić information content (AvgIpc) is 2.64. The molecule has 0 bridgehead atoms. The van der Waals surface area contributed by atoms with Crippen molar-refractivity contribution >= 4 is 11.4 Å². The minimum atomic E-state index is -0.370. The summed E-state index contributed by atoms with van der Waals surface area (Å²) in [5.41, 5.74) is 1.66. The molecule has 0 amide bonds. The molecule has 86 valence electrons. The SMILES string of the molecule is Cc1c(N2CC[C@@H](O)C2)cccc1[N+](=O)[O-]. The second kappa shape index (κ2) is 4.09. The molecule has 0 unspecified atom stereocenters. The molecule has 0 spiro atoms. The molecule has 1 aliphatic rings. The Balaban J connectivity index is 2.34. The van der Waals surface area contributed by atoms with E-state index < -0.39 is 0 Å². The second-order valence-corrected chi connectivity index (χ2v) is 4.07. The fraction of sp³-hybridized carbons (Fsp3) is 0.455. The third kappa shape index (κ3) is 1.86. The Labute approximate surface area is 93.5 Å². The summed E-state index contributed by atoms with van der Waals surface area (Å²) < 4.78 is 0. The van der Waals surface area contributed by atoms with Crippen LogP contribution in [-0.2, 0) is 0 Å². The van der Waals surface area contributed by atoms with Crippen LogP contribution < -0.4 is 4.90 Å². The zero-order valence-electron chi connectivity index (χ0n) is 9.09. The van der Waals surface area contributed by atoms with E-state index in [9.17, 15) is 15.2 Å². The summed E-state index contributed by atoms with van der Waals surface area (Å²) in [5.74, 6) is 0. The molecule has 1 aromatic carbocycles. The normalized spacial score (nSPS) is 20.1. The van der Waals surface area contributed by atoms with E-state index in [2.05, 4.69) is 0 Å². The topological polar surface area (TPSA) is 66.6 Å². The summed E-state index contributed by atoms with van der Waals surface area (Å²) in [6.45, 7) is 3.06. The number of aliphatic hydroxyl groups excluding tert-OH is 1. The lowest BCUT2D eigenvalue weighted by atomic mass is 10.1. The molecule has 1 N–H and O–H groups in total. The van der Waals surface area contributed by atoms with Crippen LogP contribution in [0.2, 0.25) is 0 Å². The van der Waals surface area contributed by atoms with Crippen LogP contribution in [0.1, 0.15) is 12.0 Å². The van der Waals surface area contributed by atoms with E-state index in [1.807, 2.05) is 11.0 Å². The van der Waals surface area contributed by atoms with Crippen LogP contribution in [-0.4, -0.2) is 29.2 Å². The highest BCUT2D eigenvalue weighted by Crippen LogP contribution is 2.30. The first-order valence-electron chi connectivity index (χ1n) is 5.26. The van der Waals surface area contributed by atoms with Gasteiger partial charge in [0.15, 0.2) is 0 Å². The molecule has 1 saturated heterocycles. The van der Waals surface area contributed by atoms with Crippen molar-refractivity contribution in [3.63, 3.8) is 0 Å². The summed E-state index contributed by atoms with van der Waals surface area (Å²) in [6.07, 6.45) is 0.404. The highest BCUT2D eigenvalue weighted by atomic mass is 16.6. The summed E-state index contributed by atoms with van der Waals surface area (Å²) >= 11 is 0. The maximum absolute atomic E-state index is 10.8. The molecule has 5 heteroatoms. The van der Waals surface area contributed by atoms with Crippen molar-refractivity contribution in [1.29, 1.82) is 0 Å². The van der Waals surface area contributed by atoms with Crippen molar-refractivity contribution in [3.8, 4) is 0 Å². The fourth-order valence-corrected chi connectivity index (χ4v) is 2.11. The van der Waals surface area contributed by atoms with E-state index in [0.717, 1.165) is 18.7 Å². The van der Waals surface area contributed by atoms with E-state index in [-0.39, 0.29) is 16.7 Å².